The van der Waals surface area contributed by atoms with Gasteiger partial charge in [0.05, 0.1) is 0 Å². The van der Waals surface area contributed by atoms with Crippen molar-refractivity contribution in [2.75, 3.05) is 0 Å². The summed E-state index contributed by atoms with van der Waals surface area (Å²) in [6.45, 7) is 1.42. The van der Waals surface area contributed by atoms with Crippen molar-refractivity contribution in [1.82, 2.24) is 0 Å². The topological polar surface area (TPSA) is 63.3 Å². The summed E-state index contributed by atoms with van der Waals surface area (Å²) >= 11 is 0. The molecule has 0 aromatic carbocycles. The molecule has 0 saturated carbocycles. The molecule has 3 N–H and O–H groups in total. The van der Waals surface area contributed by atoms with Crippen molar-refractivity contribution in [2.45, 2.75) is 13.0 Å². The summed E-state index contributed by atoms with van der Waals surface area (Å²) in [5.41, 5.74) is 4.84. The Morgan fingerprint density at radius 2 is 2.00 bits per heavy atom. The van der Waals surface area contributed by atoms with Gasteiger partial charge in [0, 0.05) is 17.1 Å². The van der Waals surface area contributed by atoms with Gasteiger partial charge in [-0.3, -0.25) is 4.79 Å². The number of rotatable bonds is 1. The molecule has 0 rings (SSSR count). The third-order valence-electron chi connectivity index (χ3n) is 0.390. The van der Waals surface area contributed by atoms with Gasteiger partial charge in [-0.25, -0.2) is 0 Å². The van der Waals surface area contributed by atoms with Gasteiger partial charge in [0.1, 0.15) is 6.04 Å². The molecule has 1 unspecified atom stereocenters. The Balaban J connectivity index is 0. The molecule has 43 valence electrons. The first kappa shape index (κ1) is 10.0. The van der Waals surface area contributed by atoms with E-state index < -0.39 is 12.0 Å². The van der Waals surface area contributed by atoms with E-state index in [4.69, 9.17) is 10.8 Å². The molecule has 0 aromatic rings. The van der Waals surface area contributed by atoms with Crippen LogP contribution in [-0.2, 0) is 21.9 Å². The van der Waals surface area contributed by atoms with Gasteiger partial charge < -0.3 is 10.8 Å². The van der Waals surface area contributed by atoms with E-state index in [1.165, 1.54) is 6.92 Å². The second-order valence-corrected chi connectivity index (χ2v) is 1.13. The van der Waals surface area contributed by atoms with Crippen LogP contribution < -0.4 is 5.73 Å². The number of carbonyl (C=O) groups is 1. The zero-order chi connectivity index (χ0) is 5.15. The number of carboxylic acids is 1. The molecule has 0 spiro atoms. The molecule has 0 fully saturated rings. The molecule has 0 aliphatic rings. The van der Waals surface area contributed by atoms with Crippen LogP contribution in [0.1, 0.15) is 6.92 Å². The number of carboxylic acid groups (broad SMARTS) is 1. The molecule has 0 bridgehead atoms. The fraction of sp³-hybridized carbons (Fsp3) is 0.667. The average Bonchev–Trinajstić information content (AvgIpc) is 1.36. The van der Waals surface area contributed by atoms with Gasteiger partial charge in [-0.2, -0.15) is 0 Å². The predicted molar refractivity (Wildman–Crippen MR) is 21.3 cm³/mol. The van der Waals surface area contributed by atoms with Crippen molar-refractivity contribution < 1.29 is 27.0 Å². The minimum Gasteiger partial charge on any atom is -0.480 e. The van der Waals surface area contributed by atoms with Gasteiger partial charge >= 0.3 is 5.97 Å². The van der Waals surface area contributed by atoms with E-state index >= 15 is 0 Å². The van der Waals surface area contributed by atoms with Crippen LogP contribution in [0.4, 0.5) is 0 Å². The SMILES string of the molecule is CC(N)C(=O)O.[Mn]. The summed E-state index contributed by atoms with van der Waals surface area (Å²) in [5, 5.41) is 7.87. The normalized spacial score (nSPS) is 11.7. The van der Waals surface area contributed by atoms with Gasteiger partial charge in [-0.15, -0.1) is 0 Å². The van der Waals surface area contributed by atoms with Crippen LogP contribution in [0.3, 0.4) is 0 Å². The molecule has 0 aliphatic carbocycles. The summed E-state index contributed by atoms with van der Waals surface area (Å²) < 4.78 is 0. The third-order valence-corrected chi connectivity index (χ3v) is 0.390. The van der Waals surface area contributed by atoms with E-state index in [0.29, 0.717) is 0 Å². The molecule has 0 amide bonds. The molecular weight excluding hydrogens is 137 g/mol. The molecule has 1 radical (unpaired) electrons. The summed E-state index contributed by atoms with van der Waals surface area (Å²) in [6.07, 6.45) is 0. The molecule has 1 atom stereocenters. The van der Waals surface area contributed by atoms with Crippen LogP contribution in [0.2, 0.25) is 0 Å². The minimum absolute atomic E-state index is 0. The van der Waals surface area contributed by atoms with E-state index in [1.54, 1.807) is 0 Å². The quantitative estimate of drug-likeness (QED) is 0.483. The number of nitrogens with two attached hydrogens (primary N) is 1. The van der Waals surface area contributed by atoms with Crippen LogP contribution in [0.25, 0.3) is 0 Å². The average molecular weight is 144 g/mol. The van der Waals surface area contributed by atoms with Crippen LogP contribution in [0.5, 0.6) is 0 Å². The van der Waals surface area contributed by atoms with Crippen molar-refractivity contribution in [2.24, 2.45) is 5.73 Å². The number of aliphatic carboxylic acids is 1. The summed E-state index contributed by atoms with van der Waals surface area (Å²) in [4.78, 5) is 9.57. The fourth-order valence-electron chi connectivity index (χ4n) is 0. The Labute approximate surface area is 52.4 Å². The Kier molecular flexibility index (Phi) is 5.91. The maximum Gasteiger partial charge on any atom is 0.320 e. The molecule has 4 heteroatoms. The maximum atomic E-state index is 9.57. The Morgan fingerprint density at radius 3 is 2.00 bits per heavy atom. The molecule has 0 saturated heterocycles. The van der Waals surface area contributed by atoms with Gasteiger partial charge in [0.25, 0.3) is 0 Å². The summed E-state index contributed by atoms with van der Waals surface area (Å²) in [5.74, 6) is -0.963. The molecular formula is C3H7MnNO2. The second kappa shape index (κ2) is 4.12. The Bertz CT molecular complexity index is 64.0. The van der Waals surface area contributed by atoms with Crippen molar-refractivity contribution in [3.63, 3.8) is 0 Å². The molecule has 3 nitrogen and oxygen atoms in total. The monoisotopic (exact) mass is 144 g/mol. The smallest absolute Gasteiger partial charge is 0.320 e. The first-order chi connectivity index (χ1) is 2.64. The number of hydrogen-bond donors (Lipinski definition) is 2. The Morgan fingerprint density at radius 1 is 1.86 bits per heavy atom. The van der Waals surface area contributed by atoms with Gasteiger partial charge in [0.15, 0.2) is 0 Å². The van der Waals surface area contributed by atoms with Gasteiger partial charge in [-0.05, 0) is 6.92 Å². The zero-order valence-corrected chi connectivity index (χ0v) is 5.07. The third kappa shape index (κ3) is 5.95. The first-order valence-corrected chi connectivity index (χ1v) is 1.63. The molecule has 0 aliphatic heterocycles. The van der Waals surface area contributed by atoms with Crippen LogP contribution in [0.15, 0.2) is 0 Å². The Hall–Kier alpha value is -0.0505. The van der Waals surface area contributed by atoms with Crippen LogP contribution in [0, 0.1) is 0 Å². The van der Waals surface area contributed by atoms with E-state index in [1.807, 2.05) is 0 Å². The fourth-order valence-corrected chi connectivity index (χ4v) is 0. The van der Waals surface area contributed by atoms with Gasteiger partial charge in [0.2, 0.25) is 0 Å². The van der Waals surface area contributed by atoms with Crippen LogP contribution >= 0.6 is 0 Å². The maximum absolute atomic E-state index is 9.57. The summed E-state index contributed by atoms with van der Waals surface area (Å²) in [7, 11) is 0. The van der Waals surface area contributed by atoms with E-state index in [2.05, 4.69) is 0 Å². The molecule has 0 heterocycles. The standard InChI is InChI=1S/C3H7NO2.Mn/c1-2(4)3(5)6;/h2H,4H2,1H3,(H,5,6);. The van der Waals surface area contributed by atoms with E-state index in [0.717, 1.165) is 0 Å². The van der Waals surface area contributed by atoms with Crippen molar-refractivity contribution in [3.05, 3.63) is 0 Å². The van der Waals surface area contributed by atoms with Crippen molar-refractivity contribution in [3.8, 4) is 0 Å². The minimum atomic E-state index is -0.963. The summed E-state index contributed by atoms with van der Waals surface area (Å²) in [6, 6.07) is -0.731. The van der Waals surface area contributed by atoms with Crippen molar-refractivity contribution >= 4 is 5.97 Å². The van der Waals surface area contributed by atoms with E-state index in [9.17, 15) is 4.79 Å². The predicted octanol–water partition coefficient (Wildman–Crippen LogP) is -0.584. The van der Waals surface area contributed by atoms with Crippen molar-refractivity contribution in [1.29, 1.82) is 0 Å². The first-order valence-electron chi connectivity index (χ1n) is 1.63. The molecule has 0 aromatic heterocycles. The number of hydrogen-bond acceptors (Lipinski definition) is 2. The molecule has 7 heavy (non-hydrogen) atoms. The largest absolute Gasteiger partial charge is 0.480 e. The van der Waals surface area contributed by atoms with Crippen LogP contribution in [-0.4, -0.2) is 17.1 Å². The second-order valence-electron chi connectivity index (χ2n) is 1.13. The zero-order valence-electron chi connectivity index (χ0n) is 3.89. The van der Waals surface area contributed by atoms with E-state index in [-0.39, 0.29) is 17.1 Å². The van der Waals surface area contributed by atoms with Gasteiger partial charge in [-0.1, -0.05) is 0 Å².